The molecule has 0 aliphatic heterocycles. The quantitative estimate of drug-likeness (QED) is 0.564. The fourth-order valence-electron chi connectivity index (χ4n) is 4.22. The lowest BCUT2D eigenvalue weighted by Gasteiger charge is -2.44. The van der Waals surface area contributed by atoms with Gasteiger partial charge in [0.05, 0.1) is 22.7 Å². The second-order valence-corrected chi connectivity index (χ2v) is 8.65. The lowest BCUT2D eigenvalue weighted by atomic mass is 9.82. The molecule has 0 spiro atoms. The highest BCUT2D eigenvalue weighted by Gasteiger charge is 2.47. The van der Waals surface area contributed by atoms with Gasteiger partial charge in [0.1, 0.15) is 0 Å². The Bertz CT molecular complexity index is 580. The number of rotatable bonds is 4. The van der Waals surface area contributed by atoms with Gasteiger partial charge in [0.25, 0.3) is 0 Å². The Morgan fingerprint density at radius 2 is 1.64 bits per heavy atom. The van der Waals surface area contributed by atoms with Gasteiger partial charge >= 0.3 is 0 Å². The Labute approximate surface area is 161 Å². The third kappa shape index (κ3) is 3.99. The smallest absolute Gasteiger partial charge is 0.232 e. The second-order valence-electron chi connectivity index (χ2n) is 7.58. The third-order valence-corrected chi connectivity index (χ3v) is 6.92. The molecule has 138 valence electrons. The summed E-state index contributed by atoms with van der Waals surface area (Å²) >= 11 is 12.5. The number of alkyl halides is 2. The van der Waals surface area contributed by atoms with Crippen molar-refractivity contribution in [1.29, 1.82) is 0 Å². The molecule has 5 heteroatoms. The van der Waals surface area contributed by atoms with Crippen LogP contribution in [0, 0.1) is 5.92 Å². The molecule has 1 amide bonds. The van der Waals surface area contributed by atoms with Gasteiger partial charge in [0.15, 0.2) is 0 Å². The van der Waals surface area contributed by atoms with E-state index in [1.165, 1.54) is 19.3 Å². The normalized spacial score (nSPS) is 32.8. The fraction of sp³-hybridized carbons (Fsp3) is 0.650. The number of hydrogen-bond donors (Lipinski definition) is 0. The fourth-order valence-corrected chi connectivity index (χ4v) is 4.90. The van der Waals surface area contributed by atoms with Crippen molar-refractivity contribution >= 4 is 34.8 Å². The van der Waals surface area contributed by atoms with Gasteiger partial charge in [-0.15, -0.1) is 23.2 Å². The van der Waals surface area contributed by atoms with E-state index < -0.39 is 0 Å². The second kappa shape index (κ2) is 8.28. The lowest BCUT2D eigenvalue weighted by molar-refractivity contribution is -0.125. The standard InChI is InChI=1S/C20H28Cl2N2O/c1-23(2)17-11-7-4-8-12-18(17)24(14-9-5-3-6-10-14)20(25)15-13-16(21)19(15)22/h3,5-6,9-10,15-19H,4,7-8,11-13H2,1-2H3. The Balaban J connectivity index is 1.94. The van der Waals surface area contributed by atoms with Crippen LogP contribution in [0.3, 0.4) is 0 Å². The van der Waals surface area contributed by atoms with E-state index in [1.54, 1.807) is 0 Å². The minimum Gasteiger partial charge on any atom is -0.308 e. The number of amides is 1. The van der Waals surface area contributed by atoms with E-state index in [0.29, 0.717) is 12.5 Å². The van der Waals surface area contributed by atoms with Gasteiger partial charge in [-0.3, -0.25) is 4.79 Å². The summed E-state index contributed by atoms with van der Waals surface area (Å²) in [7, 11) is 4.25. The topological polar surface area (TPSA) is 23.6 Å². The number of carbonyl (C=O) groups is 1. The molecule has 25 heavy (non-hydrogen) atoms. The van der Waals surface area contributed by atoms with Gasteiger partial charge in [-0.05, 0) is 45.5 Å². The third-order valence-electron chi connectivity index (χ3n) is 5.74. The van der Waals surface area contributed by atoms with Crippen molar-refractivity contribution < 1.29 is 4.79 Å². The molecule has 3 rings (SSSR count). The van der Waals surface area contributed by atoms with Crippen LogP contribution in [0.4, 0.5) is 5.69 Å². The highest BCUT2D eigenvalue weighted by Crippen LogP contribution is 2.40. The largest absolute Gasteiger partial charge is 0.308 e. The van der Waals surface area contributed by atoms with Gasteiger partial charge in [-0.25, -0.2) is 0 Å². The number of benzene rings is 1. The molecule has 3 nitrogen and oxygen atoms in total. The predicted octanol–water partition coefficient (Wildman–Crippen LogP) is 4.52. The lowest BCUT2D eigenvalue weighted by Crippen LogP contribution is -2.57. The van der Waals surface area contributed by atoms with E-state index in [2.05, 4.69) is 19.0 Å². The van der Waals surface area contributed by atoms with E-state index in [-0.39, 0.29) is 28.6 Å². The average molecular weight is 383 g/mol. The van der Waals surface area contributed by atoms with Crippen molar-refractivity contribution in [2.75, 3.05) is 19.0 Å². The summed E-state index contributed by atoms with van der Waals surface area (Å²) in [6, 6.07) is 10.6. The number of likely N-dealkylation sites (N-methyl/N-ethyl adjacent to an activating group) is 1. The van der Waals surface area contributed by atoms with Gasteiger partial charge < -0.3 is 9.80 Å². The molecule has 1 aromatic rings. The Morgan fingerprint density at radius 1 is 1.00 bits per heavy atom. The molecule has 2 aliphatic rings. The summed E-state index contributed by atoms with van der Waals surface area (Å²) < 4.78 is 0. The number of carbonyl (C=O) groups excluding carboxylic acids is 1. The molecular weight excluding hydrogens is 355 g/mol. The summed E-state index contributed by atoms with van der Waals surface area (Å²) in [4.78, 5) is 17.7. The minimum atomic E-state index is -0.260. The van der Waals surface area contributed by atoms with Crippen LogP contribution in [0.2, 0.25) is 0 Å². The average Bonchev–Trinajstić information content (AvgIpc) is 2.86. The zero-order chi connectivity index (χ0) is 18.0. The molecule has 5 unspecified atom stereocenters. The first kappa shape index (κ1) is 19.0. The van der Waals surface area contributed by atoms with Crippen molar-refractivity contribution in [3.8, 4) is 0 Å². The van der Waals surface area contributed by atoms with Crippen LogP contribution in [0.15, 0.2) is 30.3 Å². The maximum absolute atomic E-state index is 13.4. The molecule has 0 aromatic heterocycles. The van der Waals surface area contributed by atoms with Crippen LogP contribution >= 0.6 is 23.2 Å². The van der Waals surface area contributed by atoms with Gasteiger partial charge in [-0.1, -0.05) is 37.5 Å². The molecule has 1 aromatic carbocycles. The Morgan fingerprint density at radius 3 is 2.20 bits per heavy atom. The van der Waals surface area contributed by atoms with E-state index in [4.69, 9.17) is 23.2 Å². The van der Waals surface area contributed by atoms with Crippen LogP contribution in [-0.2, 0) is 4.79 Å². The van der Waals surface area contributed by atoms with Crippen molar-refractivity contribution in [3.63, 3.8) is 0 Å². The van der Waals surface area contributed by atoms with Crippen LogP contribution in [0.25, 0.3) is 0 Å². The highest BCUT2D eigenvalue weighted by atomic mass is 35.5. The highest BCUT2D eigenvalue weighted by molar-refractivity contribution is 6.33. The van der Waals surface area contributed by atoms with E-state index in [9.17, 15) is 4.79 Å². The summed E-state index contributed by atoms with van der Waals surface area (Å²) in [5.41, 5.74) is 0.980. The van der Waals surface area contributed by atoms with E-state index >= 15 is 0 Å². The minimum absolute atomic E-state index is 0.0907. The Hall–Kier alpha value is -0.770. The maximum atomic E-state index is 13.4. The van der Waals surface area contributed by atoms with Gasteiger partial charge in [-0.2, -0.15) is 0 Å². The van der Waals surface area contributed by atoms with Crippen molar-refractivity contribution in [1.82, 2.24) is 4.90 Å². The Kier molecular flexibility index (Phi) is 6.30. The monoisotopic (exact) mass is 382 g/mol. The SMILES string of the molecule is CN(C)C1CCCCCC1N(C(=O)C1CC(Cl)C1Cl)c1ccccc1. The molecule has 2 saturated carbocycles. The molecule has 5 atom stereocenters. The van der Waals surface area contributed by atoms with Gasteiger partial charge in [0.2, 0.25) is 5.91 Å². The first-order valence-electron chi connectivity index (χ1n) is 9.33. The number of halogens is 2. The van der Waals surface area contributed by atoms with E-state index in [1.807, 2.05) is 35.2 Å². The molecular formula is C20H28Cl2N2O. The summed E-state index contributed by atoms with van der Waals surface area (Å²) in [6.45, 7) is 0. The van der Waals surface area contributed by atoms with Crippen molar-refractivity contribution in [2.24, 2.45) is 5.92 Å². The number of para-hydroxylation sites is 1. The molecule has 0 heterocycles. The van der Waals surface area contributed by atoms with Crippen molar-refractivity contribution in [2.45, 2.75) is 61.4 Å². The van der Waals surface area contributed by atoms with Crippen molar-refractivity contribution in [3.05, 3.63) is 30.3 Å². The summed E-state index contributed by atoms with van der Waals surface area (Å²) in [6.07, 6.45) is 6.47. The molecule has 0 bridgehead atoms. The molecule has 0 N–H and O–H groups in total. The first-order chi connectivity index (χ1) is 12.0. The number of hydrogen-bond acceptors (Lipinski definition) is 2. The van der Waals surface area contributed by atoms with Gasteiger partial charge in [0, 0.05) is 11.7 Å². The van der Waals surface area contributed by atoms with Crippen LogP contribution in [0.5, 0.6) is 0 Å². The predicted molar refractivity (Wildman–Crippen MR) is 106 cm³/mol. The zero-order valence-electron chi connectivity index (χ0n) is 15.1. The van der Waals surface area contributed by atoms with Crippen LogP contribution in [-0.4, -0.2) is 47.7 Å². The van der Waals surface area contributed by atoms with E-state index in [0.717, 1.165) is 18.5 Å². The summed E-state index contributed by atoms with van der Waals surface area (Å²) in [5, 5.41) is -0.351. The molecule has 2 fully saturated rings. The van der Waals surface area contributed by atoms with Crippen LogP contribution < -0.4 is 4.90 Å². The summed E-state index contributed by atoms with van der Waals surface area (Å²) in [5.74, 6) is -0.0303. The molecule has 0 radical (unpaired) electrons. The number of nitrogens with zero attached hydrogens (tertiary/aromatic N) is 2. The molecule has 0 saturated heterocycles. The maximum Gasteiger partial charge on any atom is 0.232 e. The first-order valence-corrected chi connectivity index (χ1v) is 10.2. The number of anilines is 1. The van der Waals surface area contributed by atoms with Crippen LogP contribution in [0.1, 0.15) is 38.5 Å². The zero-order valence-corrected chi connectivity index (χ0v) is 16.6. The molecule has 2 aliphatic carbocycles.